The summed E-state index contributed by atoms with van der Waals surface area (Å²) in [6, 6.07) is 73.2. The predicted molar refractivity (Wildman–Crippen MR) is 307 cm³/mol. The molecule has 364 valence electrons. The molecule has 0 aliphatic carbocycles. The second-order valence-electron chi connectivity index (χ2n) is 23.1. The fourth-order valence-electron chi connectivity index (χ4n) is 10.7. The van der Waals surface area contributed by atoms with Crippen molar-refractivity contribution in [2.24, 2.45) is 0 Å². The van der Waals surface area contributed by atoms with Crippen LogP contribution in [0, 0.1) is 0 Å². The summed E-state index contributed by atoms with van der Waals surface area (Å²) in [6.45, 7) is 23.6. The van der Waals surface area contributed by atoms with Crippen LogP contribution in [0.15, 0.2) is 206 Å². The van der Waals surface area contributed by atoms with Gasteiger partial charge in [-0.25, -0.2) is 4.98 Å². The Balaban J connectivity index is 1.06. The van der Waals surface area contributed by atoms with E-state index in [4.69, 9.17) is 9.72 Å². The molecule has 0 bridgehead atoms. The lowest BCUT2D eigenvalue weighted by molar-refractivity contribution is 0.479. The molecule has 0 saturated carbocycles. The zero-order chi connectivity index (χ0) is 50.9. The molecular formula is C68H66N4O. The highest BCUT2D eigenvalue weighted by molar-refractivity contribution is 6.09. The molecule has 0 fully saturated rings. The van der Waals surface area contributed by atoms with Crippen molar-refractivity contribution >= 4 is 44.6 Å². The molecule has 3 heterocycles. The van der Waals surface area contributed by atoms with Crippen LogP contribution in [0.2, 0.25) is 0 Å². The van der Waals surface area contributed by atoms with Gasteiger partial charge < -0.3 is 14.5 Å². The first kappa shape index (κ1) is 47.4. The molecule has 5 heteroatoms. The molecule has 73 heavy (non-hydrogen) atoms. The molecular weight excluding hydrogens is 889 g/mol. The Morgan fingerprint density at radius 2 is 0.973 bits per heavy atom. The minimum atomic E-state index is -0.260. The molecule has 5 nitrogen and oxygen atoms in total. The van der Waals surface area contributed by atoms with Crippen LogP contribution in [0.4, 0.5) is 22.7 Å². The molecule has 1 aliphatic rings. The molecule has 0 unspecified atom stereocenters. The number of para-hydroxylation sites is 1. The number of nitrogens with zero attached hydrogens (tertiary/aromatic N) is 4. The van der Waals surface area contributed by atoms with E-state index >= 15 is 0 Å². The number of hydrogen-bond donors (Lipinski definition) is 0. The topological polar surface area (TPSA) is 33.5 Å². The molecule has 0 amide bonds. The lowest BCUT2D eigenvalue weighted by Gasteiger charge is -2.30. The minimum absolute atomic E-state index is 0.0263. The van der Waals surface area contributed by atoms with E-state index in [1.807, 2.05) is 6.20 Å². The first-order valence-electron chi connectivity index (χ1n) is 25.8. The van der Waals surface area contributed by atoms with Gasteiger partial charge in [0.15, 0.2) is 0 Å². The van der Waals surface area contributed by atoms with Crippen molar-refractivity contribution in [1.82, 2.24) is 9.55 Å². The molecule has 0 N–H and O–H groups in total. The Kier molecular flexibility index (Phi) is 11.7. The first-order chi connectivity index (χ1) is 34.9. The summed E-state index contributed by atoms with van der Waals surface area (Å²) in [6.07, 6.45) is 1.93. The fourth-order valence-corrected chi connectivity index (χ4v) is 10.7. The number of anilines is 4. The largest absolute Gasteiger partial charge is 0.457 e. The van der Waals surface area contributed by atoms with Crippen LogP contribution in [0.5, 0.6) is 11.5 Å². The molecule has 10 aromatic rings. The van der Waals surface area contributed by atoms with Gasteiger partial charge in [-0.2, -0.15) is 0 Å². The minimum Gasteiger partial charge on any atom is -0.457 e. The second-order valence-corrected chi connectivity index (χ2v) is 23.1. The summed E-state index contributed by atoms with van der Waals surface area (Å²) in [5.74, 6) is 2.45. The number of ether oxygens (including phenoxy) is 1. The summed E-state index contributed by atoms with van der Waals surface area (Å²) in [5.41, 5.74) is 15.9. The maximum Gasteiger partial charge on any atom is 0.137 e. The van der Waals surface area contributed by atoms with Crippen LogP contribution >= 0.6 is 0 Å². The van der Waals surface area contributed by atoms with Crippen LogP contribution in [0.3, 0.4) is 0 Å². The summed E-state index contributed by atoms with van der Waals surface area (Å²) < 4.78 is 9.39. The lowest BCUT2D eigenvalue weighted by atomic mass is 9.77. The van der Waals surface area contributed by atoms with Gasteiger partial charge in [0.05, 0.1) is 22.4 Å². The van der Waals surface area contributed by atoms with Gasteiger partial charge in [-0.1, -0.05) is 191 Å². The van der Waals surface area contributed by atoms with Crippen molar-refractivity contribution in [2.75, 3.05) is 16.5 Å². The van der Waals surface area contributed by atoms with Crippen molar-refractivity contribution in [3.05, 3.63) is 240 Å². The van der Waals surface area contributed by atoms with E-state index in [2.05, 4.69) is 284 Å². The molecule has 1 aliphatic heterocycles. The normalized spacial score (nSPS) is 13.2. The van der Waals surface area contributed by atoms with Gasteiger partial charge >= 0.3 is 0 Å². The van der Waals surface area contributed by atoms with E-state index < -0.39 is 0 Å². The van der Waals surface area contributed by atoms with E-state index in [0.29, 0.717) is 6.67 Å². The zero-order valence-electron chi connectivity index (χ0n) is 44.0. The van der Waals surface area contributed by atoms with Gasteiger partial charge in [0, 0.05) is 51.3 Å². The highest BCUT2D eigenvalue weighted by Gasteiger charge is 2.34. The highest BCUT2D eigenvalue weighted by Crippen LogP contribution is 2.50. The van der Waals surface area contributed by atoms with Crippen LogP contribution in [0.1, 0.15) is 103 Å². The van der Waals surface area contributed by atoms with Gasteiger partial charge in [-0.05, 0) is 122 Å². The lowest BCUT2D eigenvalue weighted by Crippen LogP contribution is -2.25. The number of hydrogen-bond acceptors (Lipinski definition) is 4. The maximum atomic E-state index is 7.11. The molecule has 2 aromatic heterocycles. The van der Waals surface area contributed by atoms with Gasteiger partial charge in [0.2, 0.25) is 0 Å². The van der Waals surface area contributed by atoms with Gasteiger partial charge in [0.1, 0.15) is 24.0 Å². The van der Waals surface area contributed by atoms with Crippen LogP contribution in [-0.4, -0.2) is 16.2 Å². The second kappa shape index (κ2) is 18.0. The van der Waals surface area contributed by atoms with E-state index in [0.717, 1.165) is 56.5 Å². The third-order valence-corrected chi connectivity index (χ3v) is 15.4. The van der Waals surface area contributed by atoms with Gasteiger partial charge in [0.25, 0.3) is 0 Å². The zero-order valence-corrected chi connectivity index (χ0v) is 44.0. The average molecular weight is 955 g/mol. The Bertz CT molecular complexity index is 3650. The average Bonchev–Trinajstić information content (AvgIpc) is 3.95. The van der Waals surface area contributed by atoms with E-state index in [-0.39, 0.29) is 21.7 Å². The summed E-state index contributed by atoms with van der Waals surface area (Å²) in [4.78, 5) is 9.95. The van der Waals surface area contributed by atoms with E-state index in [1.54, 1.807) is 0 Å². The smallest absolute Gasteiger partial charge is 0.137 e. The number of aromatic nitrogens is 2. The monoisotopic (exact) mass is 955 g/mol. The molecule has 11 rings (SSSR count). The van der Waals surface area contributed by atoms with Crippen molar-refractivity contribution in [3.63, 3.8) is 0 Å². The van der Waals surface area contributed by atoms with Crippen molar-refractivity contribution in [3.8, 4) is 28.4 Å². The number of pyridine rings is 1. The third-order valence-electron chi connectivity index (χ3n) is 15.4. The molecule has 8 aromatic carbocycles. The van der Waals surface area contributed by atoms with Crippen molar-refractivity contribution in [1.29, 1.82) is 0 Å². The number of fused-ring (bicyclic) bond motifs is 4. The molecule has 0 atom stereocenters. The van der Waals surface area contributed by atoms with Gasteiger partial charge in [-0.3, -0.25) is 4.57 Å². The van der Waals surface area contributed by atoms with E-state index in [9.17, 15) is 0 Å². The van der Waals surface area contributed by atoms with Crippen LogP contribution in [-0.2, 0) is 21.7 Å². The molecule has 0 saturated heterocycles. The third kappa shape index (κ3) is 8.86. The predicted octanol–water partition coefficient (Wildman–Crippen LogP) is 18.1. The molecule has 0 radical (unpaired) electrons. The van der Waals surface area contributed by atoms with Crippen molar-refractivity contribution in [2.45, 2.75) is 90.9 Å². The summed E-state index contributed by atoms with van der Waals surface area (Å²) in [5, 5.41) is 2.34. The Labute approximate surface area is 432 Å². The fraction of sp³-hybridized carbons (Fsp3) is 0.221. The highest BCUT2D eigenvalue weighted by atomic mass is 16.5. The van der Waals surface area contributed by atoms with Crippen LogP contribution in [0.25, 0.3) is 38.8 Å². The number of rotatable bonds is 10. The van der Waals surface area contributed by atoms with Crippen LogP contribution < -0.4 is 14.5 Å². The molecule has 0 spiro atoms. The van der Waals surface area contributed by atoms with Gasteiger partial charge in [-0.15, -0.1) is 0 Å². The number of benzene rings is 8. The Morgan fingerprint density at radius 3 is 1.66 bits per heavy atom. The standard InChI is InChI=1S/C68H66N4O/c1-65(2,3)50-34-35-69-64(42-50)72-60-29-21-20-28-58(60)59-32-31-56(44-62(59)72)73-57-40-52(66(4,5)6)38-55(43-57)71-45-70(61-33-30-51(41-63(61)71)67(7,8)48-24-16-12-17-25-48)54-37-47(46-22-14-11-15-23-46)36-53(39-54)68(9,10)49-26-18-13-19-27-49/h11-44H,45H2,1-10H3. The summed E-state index contributed by atoms with van der Waals surface area (Å²) in [7, 11) is 0. The van der Waals surface area contributed by atoms with Crippen molar-refractivity contribution < 1.29 is 4.74 Å². The SMILES string of the molecule is CC(C)(C)c1cc(Oc2ccc3c4ccccc4n(-c4cc(C(C)(C)C)ccn4)c3c2)cc(N2CN(c3cc(-c4ccccc4)cc(C(C)(C)c4ccccc4)c3)c3ccc(C(C)(C)c4ccccc4)cc32)c1. The maximum absolute atomic E-state index is 7.11. The Morgan fingerprint density at radius 1 is 0.384 bits per heavy atom. The quantitative estimate of drug-likeness (QED) is 0.137. The summed E-state index contributed by atoms with van der Waals surface area (Å²) >= 11 is 0. The first-order valence-corrected chi connectivity index (χ1v) is 25.8. The van der Waals surface area contributed by atoms with E-state index in [1.165, 1.54) is 49.9 Å². The Hall–Kier alpha value is -7.89.